The maximum atomic E-state index is 12.0. The molecule has 2 aromatic rings. The molecule has 130 valence electrons. The molecule has 1 heterocycles. The highest BCUT2D eigenvalue weighted by molar-refractivity contribution is 6.06. The second-order valence-corrected chi connectivity index (χ2v) is 5.65. The lowest BCUT2D eigenvalue weighted by Gasteiger charge is -2.07. The molecule has 1 aromatic heterocycles. The summed E-state index contributed by atoms with van der Waals surface area (Å²) < 4.78 is 0. The summed E-state index contributed by atoms with van der Waals surface area (Å²) in [5, 5.41) is 16.4. The molecule has 1 aromatic carbocycles. The number of hydrogen-bond acceptors (Lipinski definition) is 5. The first-order valence-electron chi connectivity index (χ1n) is 7.72. The third-order valence-electron chi connectivity index (χ3n) is 3.40. The van der Waals surface area contributed by atoms with Crippen molar-refractivity contribution in [3.8, 4) is 5.75 Å². The Hall–Kier alpha value is -3.22. The van der Waals surface area contributed by atoms with Gasteiger partial charge in [-0.25, -0.2) is 10.4 Å². The van der Waals surface area contributed by atoms with Crippen LogP contribution in [0.1, 0.15) is 35.0 Å². The van der Waals surface area contributed by atoms with Gasteiger partial charge in [-0.15, -0.1) is 0 Å². The fourth-order valence-corrected chi connectivity index (χ4v) is 2.12. The van der Waals surface area contributed by atoms with Gasteiger partial charge >= 0.3 is 0 Å². The second kappa shape index (κ2) is 8.05. The van der Waals surface area contributed by atoms with Crippen molar-refractivity contribution in [2.24, 2.45) is 5.10 Å². The monoisotopic (exact) mass is 340 g/mol. The first-order valence-corrected chi connectivity index (χ1v) is 7.72. The minimum absolute atomic E-state index is 0.00962. The number of aromatic nitrogens is 1. The summed E-state index contributed by atoms with van der Waals surface area (Å²) in [7, 11) is 0. The third kappa shape index (κ3) is 5.13. The van der Waals surface area contributed by atoms with Gasteiger partial charge in [0.25, 0.3) is 5.91 Å². The van der Waals surface area contributed by atoms with Gasteiger partial charge < -0.3 is 10.4 Å². The highest BCUT2D eigenvalue weighted by atomic mass is 16.3. The summed E-state index contributed by atoms with van der Waals surface area (Å²) in [6.07, 6.45) is 0.00962. The van der Waals surface area contributed by atoms with Crippen LogP contribution in [0.5, 0.6) is 5.75 Å². The number of carbonyl (C=O) groups excluding carboxylic acids is 2. The molecule has 0 radical (unpaired) electrons. The van der Waals surface area contributed by atoms with Crippen molar-refractivity contribution in [1.82, 2.24) is 10.4 Å². The Labute approximate surface area is 145 Å². The Morgan fingerprint density at radius 2 is 1.88 bits per heavy atom. The maximum absolute atomic E-state index is 12.0. The van der Waals surface area contributed by atoms with Gasteiger partial charge in [-0.3, -0.25) is 9.59 Å². The summed E-state index contributed by atoms with van der Waals surface area (Å²) in [5.41, 5.74) is 4.29. The van der Waals surface area contributed by atoms with E-state index in [1.165, 1.54) is 6.07 Å². The zero-order chi connectivity index (χ0) is 18.4. The number of anilines is 1. The fourth-order valence-electron chi connectivity index (χ4n) is 2.12. The highest BCUT2D eigenvalue weighted by Gasteiger charge is 2.12. The fraction of sp³-hybridized carbons (Fsp3) is 0.222. The average molecular weight is 340 g/mol. The Morgan fingerprint density at radius 3 is 2.60 bits per heavy atom. The molecule has 0 fully saturated rings. The average Bonchev–Trinajstić information content (AvgIpc) is 2.55. The number of hydrazone groups is 1. The van der Waals surface area contributed by atoms with E-state index in [0.29, 0.717) is 17.1 Å². The SMILES string of the molecule is C/C(CC(=O)Nc1cccc(C)n1)=N/NC(=O)c1cccc(C)c1O. The largest absolute Gasteiger partial charge is 0.507 e. The molecule has 0 aliphatic rings. The molecule has 7 nitrogen and oxygen atoms in total. The lowest BCUT2D eigenvalue weighted by atomic mass is 10.1. The number of phenols is 1. The Bertz CT molecular complexity index is 831. The number of para-hydroxylation sites is 1. The van der Waals surface area contributed by atoms with Gasteiger partial charge in [0.2, 0.25) is 5.91 Å². The molecule has 0 saturated carbocycles. The molecule has 0 unspecified atom stereocenters. The number of nitrogens with one attached hydrogen (secondary N) is 2. The number of benzene rings is 1. The first kappa shape index (κ1) is 18.1. The van der Waals surface area contributed by atoms with E-state index in [1.54, 1.807) is 38.1 Å². The number of phenolic OH excluding ortho intramolecular Hbond substituents is 1. The maximum Gasteiger partial charge on any atom is 0.275 e. The van der Waals surface area contributed by atoms with Gasteiger partial charge in [0.05, 0.1) is 12.0 Å². The minimum atomic E-state index is -0.540. The van der Waals surface area contributed by atoms with Crippen LogP contribution in [0.4, 0.5) is 5.82 Å². The van der Waals surface area contributed by atoms with Crippen LogP contribution in [0.3, 0.4) is 0 Å². The van der Waals surface area contributed by atoms with E-state index >= 15 is 0 Å². The van der Waals surface area contributed by atoms with Crippen LogP contribution in [0, 0.1) is 13.8 Å². The van der Waals surface area contributed by atoms with Crippen LogP contribution in [-0.2, 0) is 4.79 Å². The third-order valence-corrected chi connectivity index (χ3v) is 3.40. The predicted molar refractivity (Wildman–Crippen MR) is 95.6 cm³/mol. The molecular weight excluding hydrogens is 320 g/mol. The van der Waals surface area contributed by atoms with Crippen molar-refractivity contribution < 1.29 is 14.7 Å². The zero-order valence-corrected chi connectivity index (χ0v) is 14.3. The number of nitrogens with zero attached hydrogens (tertiary/aromatic N) is 2. The van der Waals surface area contributed by atoms with E-state index in [4.69, 9.17) is 0 Å². The van der Waals surface area contributed by atoms with Crippen molar-refractivity contribution in [3.63, 3.8) is 0 Å². The van der Waals surface area contributed by atoms with Crippen molar-refractivity contribution in [2.45, 2.75) is 27.2 Å². The molecule has 2 amide bonds. The van der Waals surface area contributed by atoms with E-state index in [0.717, 1.165) is 5.69 Å². The van der Waals surface area contributed by atoms with E-state index in [9.17, 15) is 14.7 Å². The van der Waals surface area contributed by atoms with Crippen LogP contribution < -0.4 is 10.7 Å². The standard InChI is InChI=1S/C18H20N4O3/c1-11-6-4-8-14(17(11)24)18(25)22-21-13(3)10-16(23)20-15-9-5-7-12(2)19-15/h4-9,24H,10H2,1-3H3,(H,22,25)(H,19,20,23)/b21-13-. The molecular formula is C18H20N4O3. The lowest BCUT2D eigenvalue weighted by molar-refractivity contribution is -0.115. The van der Waals surface area contributed by atoms with Crippen molar-refractivity contribution in [3.05, 3.63) is 53.2 Å². The molecule has 0 aliphatic carbocycles. The van der Waals surface area contributed by atoms with Crippen molar-refractivity contribution >= 4 is 23.3 Å². The van der Waals surface area contributed by atoms with Crippen LogP contribution in [0.25, 0.3) is 0 Å². The van der Waals surface area contributed by atoms with Gasteiger partial charge in [-0.2, -0.15) is 5.10 Å². The molecule has 0 bridgehead atoms. The summed E-state index contributed by atoms with van der Waals surface area (Å²) >= 11 is 0. The topological polar surface area (TPSA) is 104 Å². The first-order chi connectivity index (χ1) is 11.9. The Morgan fingerprint density at radius 1 is 1.16 bits per heavy atom. The summed E-state index contributed by atoms with van der Waals surface area (Å²) in [6.45, 7) is 5.16. The van der Waals surface area contributed by atoms with Crippen LogP contribution in [0.2, 0.25) is 0 Å². The van der Waals surface area contributed by atoms with Crippen molar-refractivity contribution in [2.75, 3.05) is 5.32 Å². The minimum Gasteiger partial charge on any atom is -0.507 e. The Kier molecular flexibility index (Phi) is 5.84. The van der Waals surface area contributed by atoms with E-state index < -0.39 is 5.91 Å². The van der Waals surface area contributed by atoms with E-state index in [-0.39, 0.29) is 23.6 Å². The van der Waals surface area contributed by atoms with Gasteiger partial charge in [0.15, 0.2) is 0 Å². The van der Waals surface area contributed by atoms with Gasteiger partial charge in [-0.05, 0) is 44.5 Å². The molecule has 0 aliphatic heterocycles. The molecule has 2 rings (SSSR count). The van der Waals surface area contributed by atoms with E-state index in [1.807, 2.05) is 13.0 Å². The quantitative estimate of drug-likeness (QED) is 0.575. The Balaban J connectivity index is 1.93. The normalized spacial score (nSPS) is 11.1. The second-order valence-electron chi connectivity index (χ2n) is 5.65. The summed E-state index contributed by atoms with van der Waals surface area (Å²) in [6, 6.07) is 10.2. The predicted octanol–water partition coefficient (Wildman–Crippen LogP) is 2.54. The number of pyridine rings is 1. The smallest absolute Gasteiger partial charge is 0.275 e. The van der Waals surface area contributed by atoms with Crippen LogP contribution >= 0.6 is 0 Å². The van der Waals surface area contributed by atoms with Crippen LogP contribution in [-0.4, -0.2) is 27.6 Å². The number of hydrogen-bond donors (Lipinski definition) is 3. The van der Waals surface area contributed by atoms with Crippen molar-refractivity contribution in [1.29, 1.82) is 0 Å². The van der Waals surface area contributed by atoms with E-state index in [2.05, 4.69) is 20.8 Å². The molecule has 7 heteroatoms. The number of carbonyl (C=O) groups is 2. The van der Waals surface area contributed by atoms with Gasteiger partial charge in [0, 0.05) is 11.4 Å². The summed E-state index contributed by atoms with van der Waals surface area (Å²) in [5.74, 6) is -0.448. The van der Waals surface area contributed by atoms with Gasteiger partial charge in [0.1, 0.15) is 11.6 Å². The number of amides is 2. The molecule has 3 N–H and O–H groups in total. The lowest BCUT2D eigenvalue weighted by Crippen LogP contribution is -2.22. The number of rotatable bonds is 5. The van der Waals surface area contributed by atoms with Gasteiger partial charge in [-0.1, -0.05) is 18.2 Å². The number of aryl methyl sites for hydroxylation is 2. The number of aromatic hydroxyl groups is 1. The molecule has 0 saturated heterocycles. The molecule has 25 heavy (non-hydrogen) atoms. The van der Waals surface area contributed by atoms with Crippen LogP contribution in [0.15, 0.2) is 41.5 Å². The summed E-state index contributed by atoms with van der Waals surface area (Å²) in [4.78, 5) is 28.2. The molecule has 0 atom stereocenters. The highest BCUT2D eigenvalue weighted by Crippen LogP contribution is 2.21. The molecule has 0 spiro atoms. The zero-order valence-electron chi connectivity index (χ0n) is 14.3.